The third kappa shape index (κ3) is 10.3. The molecule has 4 N–H and O–H groups in total. The molecular formula is C32H45N3O6. The average Bonchev–Trinajstić information content (AvgIpc) is 2.85. The Morgan fingerprint density at radius 3 is 1.88 bits per heavy atom. The van der Waals surface area contributed by atoms with Gasteiger partial charge in [-0.15, -0.1) is 0 Å². The summed E-state index contributed by atoms with van der Waals surface area (Å²) in [4.78, 5) is 23.2. The van der Waals surface area contributed by atoms with Crippen molar-refractivity contribution in [2.45, 2.75) is 85.1 Å². The Morgan fingerprint density at radius 1 is 0.805 bits per heavy atom. The fourth-order valence-electron chi connectivity index (χ4n) is 4.26. The lowest BCUT2D eigenvalue weighted by molar-refractivity contribution is -0.159. The van der Waals surface area contributed by atoms with Crippen LogP contribution in [0.5, 0.6) is 11.5 Å². The van der Waals surface area contributed by atoms with Crippen LogP contribution in [0.3, 0.4) is 0 Å². The molecule has 0 bridgehead atoms. The van der Waals surface area contributed by atoms with E-state index in [9.17, 15) is 9.59 Å². The maximum atomic E-state index is 11.7. The summed E-state index contributed by atoms with van der Waals surface area (Å²) < 4.78 is 23.1. The molecule has 2 aromatic rings. The average molecular weight is 568 g/mol. The van der Waals surface area contributed by atoms with Gasteiger partial charge in [0.15, 0.2) is 17.2 Å². The summed E-state index contributed by atoms with van der Waals surface area (Å²) in [5, 5.41) is 6.39. The van der Waals surface area contributed by atoms with Crippen molar-refractivity contribution in [1.29, 1.82) is 0 Å². The Kier molecular flexibility index (Phi) is 10.4. The van der Waals surface area contributed by atoms with Crippen molar-refractivity contribution in [3.05, 3.63) is 67.3 Å². The van der Waals surface area contributed by atoms with E-state index in [-0.39, 0.29) is 0 Å². The van der Waals surface area contributed by atoms with Gasteiger partial charge in [-0.25, -0.2) is 14.9 Å². The number of nitrogens with two attached hydrogens (primary N) is 1. The fraction of sp³-hybridized carbons (Fsp3) is 0.438. The van der Waals surface area contributed by atoms with E-state index in [1.54, 1.807) is 27.7 Å². The molecule has 0 aromatic heterocycles. The van der Waals surface area contributed by atoms with Crippen LogP contribution in [0.25, 0.3) is 11.1 Å². The number of nitrogen functional groups attached to an aromatic ring is 1. The first-order valence-corrected chi connectivity index (χ1v) is 13.4. The van der Waals surface area contributed by atoms with E-state index in [1.807, 2.05) is 71.0 Å². The number of hydrogen-bond acceptors (Lipinski definition) is 9. The molecule has 0 unspecified atom stereocenters. The van der Waals surface area contributed by atoms with Crippen LogP contribution in [-0.4, -0.2) is 41.3 Å². The summed E-state index contributed by atoms with van der Waals surface area (Å²) in [6.07, 6.45) is 2.24. The van der Waals surface area contributed by atoms with Crippen LogP contribution in [0.15, 0.2) is 61.7 Å². The highest BCUT2D eigenvalue weighted by Gasteiger charge is 2.32. The molecule has 0 fully saturated rings. The van der Waals surface area contributed by atoms with E-state index in [0.717, 1.165) is 28.8 Å². The van der Waals surface area contributed by atoms with Crippen LogP contribution in [0.1, 0.15) is 61.0 Å². The highest BCUT2D eigenvalue weighted by molar-refractivity contribution is 5.82. The number of carbonyl (C=O) groups excluding carboxylic acids is 2. The lowest BCUT2D eigenvalue weighted by atomic mass is 9.98. The molecule has 9 heteroatoms. The number of carbonyl (C=O) groups is 2. The van der Waals surface area contributed by atoms with Gasteiger partial charge in [-0.2, -0.15) is 0 Å². The molecule has 41 heavy (non-hydrogen) atoms. The summed E-state index contributed by atoms with van der Waals surface area (Å²) in [6, 6.07) is 11.5. The first-order valence-electron chi connectivity index (χ1n) is 13.4. The van der Waals surface area contributed by atoms with E-state index in [1.165, 1.54) is 0 Å². The first-order chi connectivity index (χ1) is 18.8. The van der Waals surface area contributed by atoms with Gasteiger partial charge in [0.1, 0.15) is 17.1 Å². The molecule has 0 aliphatic carbocycles. The number of esters is 2. The molecule has 0 saturated heterocycles. The van der Waals surface area contributed by atoms with E-state index in [2.05, 4.69) is 23.8 Å². The van der Waals surface area contributed by atoms with Crippen molar-refractivity contribution < 1.29 is 28.5 Å². The second-order valence-corrected chi connectivity index (χ2v) is 11.9. The molecule has 0 heterocycles. The molecule has 0 saturated carbocycles. The minimum Gasteiger partial charge on any atom is -0.487 e. The fourth-order valence-corrected chi connectivity index (χ4v) is 4.26. The first kappa shape index (κ1) is 33.4. The van der Waals surface area contributed by atoms with E-state index >= 15 is 0 Å². The molecule has 0 amide bonds. The Morgan fingerprint density at radius 2 is 1.34 bits per heavy atom. The number of ether oxygens (including phenoxy) is 4. The Labute approximate surface area is 244 Å². The number of nitrogens with one attached hydrogen (secondary N) is 2. The Bertz CT molecular complexity index is 1260. The topological polar surface area (TPSA) is 121 Å². The zero-order chi connectivity index (χ0) is 31.2. The quantitative estimate of drug-likeness (QED) is 0.115. The van der Waals surface area contributed by atoms with Gasteiger partial charge in [-0.1, -0.05) is 31.4 Å². The predicted molar refractivity (Wildman–Crippen MR) is 162 cm³/mol. The van der Waals surface area contributed by atoms with Gasteiger partial charge in [0.25, 0.3) is 0 Å². The molecule has 0 spiro atoms. The lowest BCUT2D eigenvalue weighted by Crippen LogP contribution is -2.57. The van der Waals surface area contributed by atoms with Crippen molar-refractivity contribution in [3.63, 3.8) is 0 Å². The normalized spacial score (nSPS) is 12.3. The van der Waals surface area contributed by atoms with Gasteiger partial charge in [0, 0.05) is 18.7 Å². The third-order valence-electron chi connectivity index (χ3n) is 5.99. The summed E-state index contributed by atoms with van der Waals surface area (Å²) in [5.74, 6) is 0.165. The zero-order valence-electron chi connectivity index (χ0n) is 25.8. The highest BCUT2D eigenvalue weighted by atomic mass is 16.6. The molecule has 0 aliphatic rings. The SMILES string of the molecule is C=CC(=O)OC(C)(C)NCC(C)(C)Oc1ccc(-c2ccc(OC(C)(C)NC(C)(C)OC(=O)C=C)c(N)c2C)cc1. The van der Waals surface area contributed by atoms with Crippen LogP contribution in [-0.2, 0) is 19.1 Å². The zero-order valence-corrected chi connectivity index (χ0v) is 25.8. The molecule has 0 atom stereocenters. The molecular weight excluding hydrogens is 522 g/mol. The summed E-state index contributed by atoms with van der Waals surface area (Å²) in [7, 11) is 0. The number of anilines is 1. The maximum Gasteiger partial charge on any atom is 0.331 e. The minimum absolute atomic E-state index is 0.433. The van der Waals surface area contributed by atoms with Crippen LogP contribution in [0.4, 0.5) is 5.69 Å². The minimum atomic E-state index is -0.999. The van der Waals surface area contributed by atoms with Crippen LogP contribution in [0.2, 0.25) is 0 Å². The number of hydrogen-bond donors (Lipinski definition) is 3. The highest BCUT2D eigenvalue weighted by Crippen LogP contribution is 2.36. The molecule has 2 rings (SSSR count). The van der Waals surface area contributed by atoms with Gasteiger partial charge in [0.2, 0.25) is 0 Å². The van der Waals surface area contributed by atoms with Crippen molar-refractivity contribution in [2.24, 2.45) is 0 Å². The molecule has 0 radical (unpaired) electrons. The molecule has 0 aliphatic heterocycles. The molecule has 9 nitrogen and oxygen atoms in total. The molecule has 224 valence electrons. The largest absolute Gasteiger partial charge is 0.487 e. The summed E-state index contributed by atoms with van der Waals surface area (Å²) >= 11 is 0. The third-order valence-corrected chi connectivity index (χ3v) is 5.99. The van der Waals surface area contributed by atoms with Crippen molar-refractivity contribution in [2.75, 3.05) is 12.3 Å². The predicted octanol–water partition coefficient (Wildman–Crippen LogP) is 5.63. The van der Waals surface area contributed by atoms with E-state index in [0.29, 0.717) is 23.7 Å². The summed E-state index contributed by atoms with van der Waals surface area (Å²) in [6.45, 7) is 23.8. The second kappa shape index (κ2) is 12.8. The Balaban J connectivity index is 2.12. The van der Waals surface area contributed by atoms with E-state index < -0.39 is 34.7 Å². The van der Waals surface area contributed by atoms with Crippen molar-refractivity contribution in [1.82, 2.24) is 10.6 Å². The monoisotopic (exact) mass is 567 g/mol. The number of rotatable bonds is 14. The second-order valence-electron chi connectivity index (χ2n) is 11.9. The van der Waals surface area contributed by atoms with Gasteiger partial charge >= 0.3 is 11.9 Å². The van der Waals surface area contributed by atoms with Gasteiger partial charge in [-0.3, -0.25) is 5.32 Å². The van der Waals surface area contributed by atoms with Crippen LogP contribution >= 0.6 is 0 Å². The molecule has 2 aromatic carbocycles. The van der Waals surface area contributed by atoms with Gasteiger partial charge < -0.3 is 24.7 Å². The Hall–Kier alpha value is -3.82. The summed E-state index contributed by atoms with van der Waals surface area (Å²) in [5.41, 5.74) is 6.43. The van der Waals surface area contributed by atoms with E-state index in [4.69, 9.17) is 24.7 Å². The maximum absolute atomic E-state index is 11.7. The van der Waals surface area contributed by atoms with Gasteiger partial charge in [-0.05, 0) is 97.2 Å². The smallest absolute Gasteiger partial charge is 0.331 e. The van der Waals surface area contributed by atoms with Crippen molar-refractivity contribution in [3.8, 4) is 22.6 Å². The number of benzene rings is 2. The van der Waals surface area contributed by atoms with Crippen LogP contribution < -0.4 is 25.8 Å². The van der Waals surface area contributed by atoms with Gasteiger partial charge in [0.05, 0.1) is 5.69 Å². The van der Waals surface area contributed by atoms with Crippen LogP contribution in [0, 0.1) is 6.92 Å². The standard InChI is InChI=1S/C32H45N3O6/c1-12-26(36)40-30(6,7)34-20-29(4,5)38-23-16-14-22(15-17-23)24-18-19-25(28(33)21(24)3)39-31(8,9)35-32(10,11)41-27(37)13-2/h12-19,34-35H,1-2,20,33H2,3-11H3. The van der Waals surface area contributed by atoms with Crippen molar-refractivity contribution >= 4 is 17.6 Å². The lowest BCUT2D eigenvalue weighted by Gasteiger charge is -2.36.